The normalized spacial score (nSPS) is 10.4. The number of carbonyl (C=O) groups is 2. The number of hydrogen-bond donors (Lipinski definition) is 2. The van der Waals surface area contributed by atoms with E-state index in [1.807, 2.05) is 0 Å². The molecule has 0 bridgehead atoms. The van der Waals surface area contributed by atoms with Crippen LogP contribution < -0.4 is 5.32 Å². The lowest BCUT2D eigenvalue weighted by atomic mass is 10.1. The Morgan fingerprint density at radius 2 is 1.81 bits per heavy atom. The number of carboxylic acids is 1. The highest BCUT2D eigenvalue weighted by Crippen LogP contribution is 2.16. The number of hydrogen-bond acceptors (Lipinski definition) is 2. The van der Waals surface area contributed by atoms with Crippen LogP contribution in [0.15, 0.2) is 22.7 Å². The molecule has 21 heavy (non-hydrogen) atoms. The summed E-state index contributed by atoms with van der Waals surface area (Å²) in [7, 11) is 0. The Morgan fingerprint density at radius 3 is 2.48 bits per heavy atom. The van der Waals surface area contributed by atoms with Gasteiger partial charge in [0.15, 0.2) is 0 Å². The molecule has 0 aromatic heterocycles. The fourth-order valence-corrected chi connectivity index (χ4v) is 2.12. The second-order valence-electron chi connectivity index (χ2n) is 4.80. The van der Waals surface area contributed by atoms with Crippen molar-refractivity contribution < 1.29 is 19.1 Å². The molecule has 0 saturated heterocycles. The minimum Gasteiger partial charge on any atom is -0.481 e. The van der Waals surface area contributed by atoms with Crippen molar-refractivity contribution in [3.05, 3.63) is 34.1 Å². The Kier molecular flexibility index (Phi) is 7.97. The van der Waals surface area contributed by atoms with Crippen LogP contribution in [0.4, 0.5) is 4.39 Å². The quantitative estimate of drug-likeness (QED) is 0.660. The summed E-state index contributed by atoms with van der Waals surface area (Å²) in [6.07, 6.45) is 4.52. The van der Waals surface area contributed by atoms with E-state index < -0.39 is 11.8 Å². The summed E-state index contributed by atoms with van der Waals surface area (Å²) in [5.41, 5.74) is 0.303. The van der Waals surface area contributed by atoms with Gasteiger partial charge in [-0.2, -0.15) is 0 Å². The number of carbonyl (C=O) groups excluding carboxylic acids is 1. The van der Waals surface area contributed by atoms with Crippen LogP contribution in [-0.2, 0) is 4.79 Å². The first kappa shape index (κ1) is 17.6. The monoisotopic (exact) mass is 359 g/mol. The maximum absolute atomic E-state index is 13.3. The number of nitrogens with one attached hydrogen (secondary N) is 1. The van der Waals surface area contributed by atoms with Crippen molar-refractivity contribution in [2.24, 2.45) is 0 Å². The summed E-state index contributed by atoms with van der Waals surface area (Å²) in [5, 5.41) is 11.2. The van der Waals surface area contributed by atoms with Crippen molar-refractivity contribution in [3.8, 4) is 0 Å². The molecule has 0 fully saturated rings. The molecule has 4 nitrogen and oxygen atoms in total. The molecule has 0 unspecified atom stereocenters. The smallest absolute Gasteiger partial charge is 0.303 e. The van der Waals surface area contributed by atoms with Gasteiger partial charge in [0.1, 0.15) is 5.82 Å². The Balaban J connectivity index is 2.13. The molecule has 0 aliphatic heterocycles. The van der Waals surface area contributed by atoms with Gasteiger partial charge in [0.2, 0.25) is 0 Å². The Bertz CT molecular complexity index is 494. The molecule has 0 aliphatic carbocycles. The molecule has 6 heteroatoms. The maximum Gasteiger partial charge on any atom is 0.303 e. The molecule has 0 aliphatic rings. The average Bonchev–Trinajstić information content (AvgIpc) is 2.44. The number of carboxylic acid groups (broad SMARTS) is 1. The van der Waals surface area contributed by atoms with E-state index in [2.05, 4.69) is 21.2 Å². The van der Waals surface area contributed by atoms with E-state index >= 15 is 0 Å². The van der Waals surface area contributed by atoms with Crippen LogP contribution in [0.25, 0.3) is 0 Å². The van der Waals surface area contributed by atoms with Crippen LogP contribution in [0.2, 0.25) is 0 Å². The molecule has 0 saturated carbocycles. The SMILES string of the molecule is O=C(O)CCCCCCCNC(=O)c1ccc(Br)c(F)c1. The summed E-state index contributed by atoms with van der Waals surface area (Å²) < 4.78 is 13.6. The van der Waals surface area contributed by atoms with Crippen LogP contribution in [0, 0.1) is 5.82 Å². The van der Waals surface area contributed by atoms with Gasteiger partial charge in [-0.3, -0.25) is 9.59 Å². The van der Waals surface area contributed by atoms with E-state index in [9.17, 15) is 14.0 Å². The third-order valence-corrected chi connectivity index (χ3v) is 3.68. The Labute approximate surface area is 131 Å². The van der Waals surface area contributed by atoms with Crippen molar-refractivity contribution in [1.82, 2.24) is 5.32 Å². The molecule has 1 rings (SSSR count). The number of unbranched alkanes of at least 4 members (excludes halogenated alkanes) is 4. The zero-order valence-corrected chi connectivity index (χ0v) is 13.3. The van der Waals surface area contributed by atoms with Gasteiger partial charge in [0, 0.05) is 18.5 Å². The standard InChI is InChI=1S/C15H19BrFNO3/c16-12-8-7-11(10-13(12)17)15(21)18-9-5-3-1-2-4-6-14(19)20/h7-8,10H,1-6,9H2,(H,18,21)(H,19,20). The third kappa shape index (κ3) is 7.22. The molecule has 1 amide bonds. The molecule has 0 heterocycles. The van der Waals surface area contributed by atoms with Crippen LogP contribution in [0.1, 0.15) is 48.9 Å². The van der Waals surface area contributed by atoms with E-state index in [4.69, 9.17) is 5.11 Å². The first-order chi connectivity index (χ1) is 10.0. The van der Waals surface area contributed by atoms with Crippen molar-refractivity contribution in [2.75, 3.05) is 6.54 Å². The van der Waals surface area contributed by atoms with Crippen molar-refractivity contribution in [2.45, 2.75) is 38.5 Å². The predicted octanol–water partition coefficient (Wildman–Crippen LogP) is 3.74. The third-order valence-electron chi connectivity index (χ3n) is 3.03. The van der Waals surface area contributed by atoms with Gasteiger partial charge >= 0.3 is 5.97 Å². The number of amides is 1. The number of rotatable bonds is 9. The average molecular weight is 360 g/mol. The zero-order valence-electron chi connectivity index (χ0n) is 11.7. The molecule has 116 valence electrons. The van der Waals surface area contributed by atoms with Gasteiger partial charge in [-0.05, 0) is 47.0 Å². The van der Waals surface area contributed by atoms with Gasteiger partial charge in [0.05, 0.1) is 4.47 Å². The summed E-state index contributed by atoms with van der Waals surface area (Å²) in [4.78, 5) is 22.1. The van der Waals surface area contributed by atoms with E-state index in [0.717, 1.165) is 25.7 Å². The van der Waals surface area contributed by atoms with Gasteiger partial charge < -0.3 is 10.4 Å². The molecule has 0 radical (unpaired) electrons. The maximum atomic E-state index is 13.3. The van der Waals surface area contributed by atoms with Gasteiger partial charge in [-0.25, -0.2) is 4.39 Å². The predicted molar refractivity (Wildman–Crippen MR) is 81.8 cm³/mol. The largest absolute Gasteiger partial charge is 0.481 e. The molecular weight excluding hydrogens is 341 g/mol. The molecule has 0 atom stereocenters. The lowest BCUT2D eigenvalue weighted by molar-refractivity contribution is -0.137. The van der Waals surface area contributed by atoms with Crippen LogP contribution >= 0.6 is 15.9 Å². The van der Waals surface area contributed by atoms with Crippen molar-refractivity contribution in [3.63, 3.8) is 0 Å². The Morgan fingerprint density at radius 1 is 1.14 bits per heavy atom. The molecule has 2 N–H and O–H groups in total. The van der Waals surface area contributed by atoms with Crippen LogP contribution in [-0.4, -0.2) is 23.5 Å². The fourth-order valence-electron chi connectivity index (χ4n) is 1.87. The first-order valence-corrected chi connectivity index (χ1v) is 7.75. The van der Waals surface area contributed by atoms with Crippen LogP contribution in [0.5, 0.6) is 0 Å². The number of aliphatic carboxylic acids is 1. The topological polar surface area (TPSA) is 66.4 Å². The lowest BCUT2D eigenvalue weighted by Crippen LogP contribution is -2.24. The van der Waals surface area contributed by atoms with E-state index in [1.165, 1.54) is 12.1 Å². The molecule has 1 aromatic rings. The molecule has 1 aromatic carbocycles. The van der Waals surface area contributed by atoms with Gasteiger partial charge in [0.25, 0.3) is 5.91 Å². The second-order valence-corrected chi connectivity index (χ2v) is 5.65. The summed E-state index contributed by atoms with van der Waals surface area (Å²) in [5.74, 6) is -1.50. The number of benzene rings is 1. The van der Waals surface area contributed by atoms with Crippen molar-refractivity contribution in [1.29, 1.82) is 0 Å². The van der Waals surface area contributed by atoms with Crippen LogP contribution in [0.3, 0.4) is 0 Å². The van der Waals surface area contributed by atoms with E-state index in [1.54, 1.807) is 6.07 Å². The highest BCUT2D eigenvalue weighted by atomic mass is 79.9. The van der Waals surface area contributed by atoms with Gasteiger partial charge in [-0.15, -0.1) is 0 Å². The van der Waals surface area contributed by atoms with Gasteiger partial charge in [-0.1, -0.05) is 19.3 Å². The molecular formula is C15H19BrFNO3. The van der Waals surface area contributed by atoms with E-state index in [-0.39, 0.29) is 12.3 Å². The highest BCUT2D eigenvalue weighted by molar-refractivity contribution is 9.10. The highest BCUT2D eigenvalue weighted by Gasteiger charge is 2.07. The summed E-state index contributed by atoms with van der Waals surface area (Å²) >= 11 is 3.04. The second kappa shape index (κ2) is 9.50. The van der Waals surface area contributed by atoms with E-state index in [0.29, 0.717) is 23.0 Å². The molecule has 0 spiro atoms. The Hall–Kier alpha value is -1.43. The zero-order chi connectivity index (χ0) is 15.7. The fraction of sp³-hybridized carbons (Fsp3) is 0.467. The first-order valence-electron chi connectivity index (χ1n) is 6.95. The summed E-state index contributed by atoms with van der Waals surface area (Å²) in [6, 6.07) is 4.27. The van der Waals surface area contributed by atoms with Crippen molar-refractivity contribution >= 4 is 27.8 Å². The minimum absolute atomic E-state index is 0.214. The summed E-state index contributed by atoms with van der Waals surface area (Å²) in [6.45, 7) is 0.537. The number of halogens is 2. The minimum atomic E-state index is -0.760. The lowest BCUT2D eigenvalue weighted by Gasteiger charge is -2.06.